The molecule has 0 aromatic rings. The molecular formula is C8H14N2. The number of likely N-dealkylation sites (tertiary alicyclic amines) is 1. The fourth-order valence-electron chi connectivity index (χ4n) is 1.25. The monoisotopic (exact) mass is 138 g/mol. The number of hydrogen-bond donors (Lipinski definition) is 0. The van der Waals surface area contributed by atoms with Gasteiger partial charge in [-0.1, -0.05) is 6.58 Å². The smallest absolute Gasteiger partial charge is 0.101 e. The summed E-state index contributed by atoms with van der Waals surface area (Å²) in [7, 11) is 0. The van der Waals surface area contributed by atoms with Crippen molar-refractivity contribution in [3.8, 4) is 0 Å². The molecule has 10 heavy (non-hydrogen) atoms. The maximum Gasteiger partial charge on any atom is 0.101 e. The zero-order chi connectivity index (χ0) is 7.40. The normalized spacial score (nSPS) is 19.7. The second-order valence-corrected chi connectivity index (χ2v) is 2.55. The van der Waals surface area contributed by atoms with E-state index in [1.54, 1.807) is 6.20 Å². The predicted octanol–water partition coefficient (Wildman–Crippen LogP) is 1.64. The molecule has 0 amide bonds. The Kier molecular flexibility index (Phi) is 2.49. The molecule has 1 rings (SSSR count). The Balaban J connectivity index is 2.46. The van der Waals surface area contributed by atoms with Crippen molar-refractivity contribution in [2.24, 2.45) is 4.99 Å². The maximum atomic E-state index is 4.11. The van der Waals surface area contributed by atoms with Crippen LogP contribution in [0.5, 0.6) is 0 Å². The lowest BCUT2D eigenvalue weighted by atomic mass is 10.4. The molecule has 0 bridgehead atoms. The van der Waals surface area contributed by atoms with E-state index in [4.69, 9.17) is 0 Å². The zero-order valence-electron chi connectivity index (χ0n) is 6.51. The van der Waals surface area contributed by atoms with Gasteiger partial charge in [-0.05, 0) is 19.8 Å². The van der Waals surface area contributed by atoms with Gasteiger partial charge in [0, 0.05) is 19.3 Å². The third-order valence-electron chi connectivity index (χ3n) is 1.84. The van der Waals surface area contributed by atoms with Crippen molar-refractivity contribution in [1.29, 1.82) is 0 Å². The summed E-state index contributed by atoms with van der Waals surface area (Å²) in [6.07, 6.45) is 4.22. The second-order valence-electron chi connectivity index (χ2n) is 2.55. The second kappa shape index (κ2) is 3.40. The van der Waals surface area contributed by atoms with Gasteiger partial charge in [-0.2, -0.15) is 0 Å². The first-order chi connectivity index (χ1) is 4.84. The molecule has 0 spiro atoms. The minimum atomic E-state index is 1.10. The Morgan fingerprint density at radius 1 is 1.50 bits per heavy atom. The maximum absolute atomic E-state index is 4.11. The number of aliphatic imine (C=N–C) groups is 1. The molecular weight excluding hydrogens is 124 g/mol. The Morgan fingerprint density at radius 3 is 2.60 bits per heavy atom. The van der Waals surface area contributed by atoms with E-state index in [0.29, 0.717) is 0 Å². The number of hydrogen-bond acceptors (Lipinski definition) is 1. The van der Waals surface area contributed by atoms with E-state index in [1.165, 1.54) is 25.9 Å². The molecule has 2 nitrogen and oxygen atoms in total. The minimum absolute atomic E-state index is 1.10. The van der Waals surface area contributed by atoms with Gasteiger partial charge in [0.25, 0.3) is 0 Å². The summed E-state index contributed by atoms with van der Waals surface area (Å²) < 4.78 is 0. The van der Waals surface area contributed by atoms with Crippen LogP contribution in [0.1, 0.15) is 19.8 Å². The van der Waals surface area contributed by atoms with E-state index in [-0.39, 0.29) is 0 Å². The largest absolute Gasteiger partial charge is 0.360 e. The molecule has 1 fully saturated rings. The molecule has 2 heteroatoms. The number of amidine groups is 1. The van der Waals surface area contributed by atoms with Crippen LogP contribution in [0.25, 0.3) is 0 Å². The summed E-state index contributed by atoms with van der Waals surface area (Å²) in [5.74, 6) is 1.10. The van der Waals surface area contributed by atoms with Crippen molar-refractivity contribution in [3.63, 3.8) is 0 Å². The van der Waals surface area contributed by atoms with Crippen LogP contribution in [-0.4, -0.2) is 23.8 Å². The average Bonchev–Trinajstić information content (AvgIpc) is 2.38. The summed E-state index contributed by atoms with van der Waals surface area (Å²) in [6.45, 7) is 7.93. The van der Waals surface area contributed by atoms with Crippen LogP contribution in [-0.2, 0) is 0 Å². The molecule has 0 aliphatic carbocycles. The lowest BCUT2D eigenvalue weighted by molar-refractivity contribution is 0.516. The molecule has 1 aliphatic heterocycles. The first-order valence-electron chi connectivity index (χ1n) is 3.75. The number of rotatable bonds is 1. The average molecular weight is 138 g/mol. The van der Waals surface area contributed by atoms with Gasteiger partial charge >= 0.3 is 0 Å². The molecule has 0 saturated carbocycles. The molecule has 1 heterocycles. The van der Waals surface area contributed by atoms with E-state index in [9.17, 15) is 0 Å². The van der Waals surface area contributed by atoms with Gasteiger partial charge in [0.1, 0.15) is 5.84 Å². The third kappa shape index (κ3) is 1.59. The van der Waals surface area contributed by atoms with Gasteiger partial charge in [0.2, 0.25) is 0 Å². The molecule has 0 radical (unpaired) electrons. The summed E-state index contributed by atoms with van der Waals surface area (Å²) >= 11 is 0. The molecule has 1 aliphatic rings. The quantitative estimate of drug-likeness (QED) is 0.397. The Labute approximate surface area is 62.3 Å². The fraction of sp³-hybridized carbons (Fsp3) is 0.625. The van der Waals surface area contributed by atoms with Crippen molar-refractivity contribution >= 4 is 5.84 Å². The van der Waals surface area contributed by atoms with Crippen LogP contribution in [0, 0.1) is 0 Å². The van der Waals surface area contributed by atoms with Gasteiger partial charge in [-0.15, -0.1) is 0 Å². The third-order valence-corrected chi connectivity index (χ3v) is 1.84. The van der Waals surface area contributed by atoms with Gasteiger partial charge < -0.3 is 4.90 Å². The van der Waals surface area contributed by atoms with Crippen molar-refractivity contribution in [2.45, 2.75) is 19.8 Å². The highest BCUT2D eigenvalue weighted by Gasteiger charge is 2.11. The van der Waals surface area contributed by atoms with Crippen molar-refractivity contribution in [3.05, 3.63) is 12.8 Å². The lowest BCUT2D eigenvalue weighted by Crippen LogP contribution is -2.24. The fourth-order valence-corrected chi connectivity index (χ4v) is 1.25. The van der Waals surface area contributed by atoms with Gasteiger partial charge in [0.15, 0.2) is 0 Å². The molecule has 56 valence electrons. The van der Waals surface area contributed by atoms with E-state index >= 15 is 0 Å². The van der Waals surface area contributed by atoms with E-state index < -0.39 is 0 Å². The molecule has 0 unspecified atom stereocenters. The highest BCUT2D eigenvalue weighted by Crippen LogP contribution is 2.07. The standard InChI is InChI=1S/C8H14N2/c1-3-9-8(2)10-6-4-5-7-10/h3H,1,4-7H2,2H3. The summed E-state index contributed by atoms with van der Waals surface area (Å²) in [5.41, 5.74) is 0. The van der Waals surface area contributed by atoms with Crippen LogP contribution < -0.4 is 0 Å². The van der Waals surface area contributed by atoms with Crippen LogP contribution in [0.15, 0.2) is 17.8 Å². The molecule has 0 N–H and O–H groups in total. The summed E-state index contributed by atoms with van der Waals surface area (Å²) in [5, 5.41) is 0. The first kappa shape index (κ1) is 7.32. The summed E-state index contributed by atoms with van der Waals surface area (Å²) in [6, 6.07) is 0. The van der Waals surface area contributed by atoms with Crippen molar-refractivity contribution < 1.29 is 0 Å². The molecule has 0 atom stereocenters. The van der Waals surface area contributed by atoms with Crippen molar-refractivity contribution in [1.82, 2.24) is 4.90 Å². The minimum Gasteiger partial charge on any atom is -0.360 e. The van der Waals surface area contributed by atoms with Crippen LogP contribution in [0.2, 0.25) is 0 Å². The Morgan fingerprint density at radius 2 is 2.10 bits per heavy atom. The zero-order valence-corrected chi connectivity index (χ0v) is 6.51. The lowest BCUT2D eigenvalue weighted by Gasteiger charge is -2.15. The van der Waals surface area contributed by atoms with Gasteiger partial charge in [-0.25, -0.2) is 4.99 Å². The highest BCUT2D eigenvalue weighted by atomic mass is 15.2. The summed E-state index contributed by atoms with van der Waals surface area (Å²) in [4.78, 5) is 6.41. The predicted molar refractivity (Wildman–Crippen MR) is 44.1 cm³/mol. The van der Waals surface area contributed by atoms with Crippen LogP contribution in [0.3, 0.4) is 0 Å². The molecule has 1 saturated heterocycles. The first-order valence-corrected chi connectivity index (χ1v) is 3.75. The SMILES string of the molecule is C=CN=C(C)N1CCCC1. The molecule has 0 aromatic carbocycles. The van der Waals surface area contributed by atoms with Gasteiger partial charge in [-0.3, -0.25) is 0 Å². The van der Waals surface area contributed by atoms with Crippen molar-refractivity contribution in [2.75, 3.05) is 13.1 Å². The van der Waals surface area contributed by atoms with E-state index in [2.05, 4.69) is 16.5 Å². The van der Waals surface area contributed by atoms with Gasteiger partial charge in [0.05, 0.1) is 0 Å². The topological polar surface area (TPSA) is 15.6 Å². The van der Waals surface area contributed by atoms with E-state index in [0.717, 1.165) is 5.84 Å². The van der Waals surface area contributed by atoms with Crippen LogP contribution >= 0.6 is 0 Å². The highest BCUT2D eigenvalue weighted by molar-refractivity contribution is 5.80. The Bertz CT molecular complexity index is 143. The van der Waals surface area contributed by atoms with Crippen LogP contribution in [0.4, 0.5) is 0 Å². The number of nitrogens with zero attached hydrogens (tertiary/aromatic N) is 2. The molecule has 0 aromatic heterocycles. The van der Waals surface area contributed by atoms with E-state index in [1.807, 2.05) is 6.92 Å². The Hall–Kier alpha value is -0.790.